The highest BCUT2D eigenvalue weighted by atomic mass is 79.9. The molecular formula is C14H13BrFNO2. The van der Waals surface area contributed by atoms with Crippen molar-refractivity contribution in [1.82, 2.24) is 4.98 Å². The Morgan fingerprint density at radius 2 is 2.16 bits per heavy atom. The molecule has 100 valence electrons. The summed E-state index contributed by atoms with van der Waals surface area (Å²) in [4.78, 5) is 3.88. The molecule has 1 unspecified atom stereocenters. The van der Waals surface area contributed by atoms with Crippen LogP contribution < -0.4 is 4.74 Å². The molecule has 0 spiro atoms. The molecule has 1 atom stereocenters. The van der Waals surface area contributed by atoms with Gasteiger partial charge in [-0.2, -0.15) is 0 Å². The monoisotopic (exact) mass is 325 g/mol. The third-order valence-corrected chi connectivity index (χ3v) is 3.53. The molecule has 0 aliphatic rings. The highest BCUT2D eigenvalue weighted by Crippen LogP contribution is 2.26. The van der Waals surface area contributed by atoms with Gasteiger partial charge in [-0.25, -0.2) is 4.39 Å². The molecule has 0 amide bonds. The summed E-state index contributed by atoms with van der Waals surface area (Å²) in [6, 6.07) is 8.30. The Bertz CT molecular complexity index is 560. The first kappa shape index (κ1) is 14.0. The first-order valence-electron chi connectivity index (χ1n) is 5.72. The van der Waals surface area contributed by atoms with Crippen molar-refractivity contribution >= 4 is 15.9 Å². The SMILES string of the molecule is COc1ccc(Br)c(CC(O)c2ccc(F)cn2)c1. The van der Waals surface area contributed by atoms with Crippen molar-refractivity contribution < 1.29 is 14.2 Å². The number of aliphatic hydroxyl groups is 1. The fourth-order valence-electron chi connectivity index (χ4n) is 1.73. The number of hydrogen-bond donors (Lipinski definition) is 1. The molecule has 0 radical (unpaired) electrons. The third-order valence-electron chi connectivity index (χ3n) is 2.76. The molecule has 1 aromatic carbocycles. The standard InChI is InChI=1S/C14H13BrFNO2/c1-19-11-3-4-12(15)9(6-11)7-14(18)13-5-2-10(16)8-17-13/h2-6,8,14,18H,7H2,1H3. The van der Waals surface area contributed by atoms with Crippen molar-refractivity contribution in [3.8, 4) is 5.75 Å². The van der Waals surface area contributed by atoms with E-state index in [0.29, 0.717) is 12.1 Å². The predicted molar refractivity (Wildman–Crippen MR) is 73.6 cm³/mol. The van der Waals surface area contributed by atoms with Crippen molar-refractivity contribution in [2.45, 2.75) is 12.5 Å². The van der Waals surface area contributed by atoms with Crippen molar-refractivity contribution in [3.63, 3.8) is 0 Å². The van der Waals surface area contributed by atoms with Gasteiger partial charge in [0.2, 0.25) is 0 Å². The maximum absolute atomic E-state index is 12.8. The lowest BCUT2D eigenvalue weighted by Crippen LogP contribution is -2.05. The number of hydrogen-bond acceptors (Lipinski definition) is 3. The van der Waals surface area contributed by atoms with Crippen LogP contribution in [-0.4, -0.2) is 17.2 Å². The third kappa shape index (κ3) is 3.52. The molecule has 1 heterocycles. The number of nitrogens with zero attached hydrogens (tertiary/aromatic N) is 1. The Labute approximate surface area is 119 Å². The number of methoxy groups -OCH3 is 1. The Balaban J connectivity index is 2.18. The van der Waals surface area contributed by atoms with Gasteiger partial charge in [0.25, 0.3) is 0 Å². The highest BCUT2D eigenvalue weighted by molar-refractivity contribution is 9.10. The lowest BCUT2D eigenvalue weighted by atomic mass is 10.0. The minimum absolute atomic E-state index is 0.371. The van der Waals surface area contributed by atoms with E-state index in [1.54, 1.807) is 7.11 Å². The number of aromatic nitrogens is 1. The number of aliphatic hydroxyl groups excluding tert-OH is 1. The normalized spacial score (nSPS) is 12.2. The lowest BCUT2D eigenvalue weighted by molar-refractivity contribution is 0.173. The molecule has 2 rings (SSSR count). The predicted octanol–water partition coefficient (Wildman–Crippen LogP) is 3.27. The van der Waals surface area contributed by atoms with Gasteiger partial charge in [0.15, 0.2) is 0 Å². The van der Waals surface area contributed by atoms with Gasteiger partial charge in [0, 0.05) is 10.9 Å². The van der Waals surface area contributed by atoms with Gasteiger partial charge < -0.3 is 9.84 Å². The molecule has 2 aromatic rings. The second-order valence-electron chi connectivity index (χ2n) is 4.08. The molecule has 5 heteroatoms. The number of rotatable bonds is 4. The molecule has 1 aromatic heterocycles. The highest BCUT2D eigenvalue weighted by Gasteiger charge is 2.13. The molecule has 0 saturated heterocycles. The first-order chi connectivity index (χ1) is 9.10. The molecule has 3 nitrogen and oxygen atoms in total. The maximum Gasteiger partial charge on any atom is 0.141 e. The van der Waals surface area contributed by atoms with Crippen LogP contribution in [0.2, 0.25) is 0 Å². The first-order valence-corrected chi connectivity index (χ1v) is 6.51. The number of ether oxygens (including phenoxy) is 1. The lowest BCUT2D eigenvalue weighted by Gasteiger charge is -2.12. The summed E-state index contributed by atoms with van der Waals surface area (Å²) in [5.41, 5.74) is 1.34. The largest absolute Gasteiger partial charge is 0.497 e. The van der Waals surface area contributed by atoms with Crippen LogP contribution in [-0.2, 0) is 6.42 Å². The second-order valence-corrected chi connectivity index (χ2v) is 4.93. The smallest absolute Gasteiger partial charge is 0.141 e. The second kappa shape index (κ2) is 6.12. The van der Waals surface area contributed by atoms with E-state index in [4.69, 9.17) is 4.74 Å². The van der Waals surface area contributed by atoms with Crippen LogP contribution in [0.5, 0.6) is 5.75 Å². The minimum atomic E-state index is -0.788. The summed E-state index contributed by atoms with van der Waals surface area (Å²) in [5, 5.41) is 10.1. The fraction of sp³-hybridized carbons (Fsp3) is 0.214. The molecule has 19 heavy (non-hydrogen) atoms. The van der Waals surface area contributed by atoms with E-state index in [1.807, 2.05) is 18.2 Å². The molecule has 0 bridgehead atoms. The zero-order chi connectivity index (χ0) is 13.8. The van der Waals surface area contributed by atoms with Crippen LogP contribution in [0.25, 0.3) is 0 Å². The van der Waals surface area contributed by atoms with Crippen molar-refractivity contribution in [2.75, 3.05) is 7.11 Å². The van der Waals surface area contributed by atoms with Gasteiger partial charge >= 0.3 is 0 Å². The van der Waals surface area contributed by atoms with E-state index < -0.39 is 11.9 Å². The molecule has 0 fully saturated rings. The Hall–Kier alpha value is -1.46. The number of halogens is 2. The van der Waals surface area contributed by atoms with Gasteiger partial charge in [-0.3, -0.25) is 4.98 Å². The van der Waals surface area contributed by atoms with E-state index in [2.05, 4.69) is 20.9 Å². The van der Waals surface area contributed by atoms with Gasteiger partial charge in [-0.1, -0.05) is 15.9 Å². The van der Waals surface area contributed by atoms with Crippen LogP contribution >= 0.6 is 15.9 Å². The summed E-state index contributed by atoms with van der Waals surface area (Å²) in [6.07, 6.45) is 0.680. The summed E-state index contributed by atoms with van der Waals surface area (Å²) in [6.45, 7) is 0. The Morgan fingerprint density at radius 3 is 2.79 bits per heavy atom. The van der Waals surface area contributed by atoms with Crippen LogP contribution in [0.15, 0.2) is 41.0 Å². The van der Waals surface area contributed by atoms with E-state index >= 15 is 0 Å². The number of benzene rings is 1. The maximum atomic E-state index is 12.8. The summed E-state index contributed by atoms with van der Waals surface area (Å²) in [7, 11) is 1.59. The van der Waals surface area contributed by atoms with E-state index in [0.717, 1.165) is 22.0 Å². The van der Waals surface area contributed by atoms with Crippen LogP contribution in [0.1, 0.15) is 17.4 Å². The van der Waals surface area contributed by atoms with E-state index in [-0.39, 0.29) is 0 Å². The summed E-state index contributed by atoms with van der Waals surface area (Å²) < 4.78 is 18.8. The average molecular weight is 326 g/mol. The van der Waals surface area contributed by atoms with Crippen LogP contribution in [0.4, 0.5) is 4.39 Å². The minimum Gasteiger partial charge on any atom is -0.497 e. The average Bonchev–Trinajstić information content (AvgIpc) is 2.42. The van der Waals surface area contributed by atoms with Crippen LogP contribution in [0.3, 0.4) is 0 Å². The van der Waals surface area contributed by atoms with E-state index in [1.165, 1.54) is 12.1 Å². The van der Waals surface area contributed by atoms with E-state index in [9.17, 15) is 9.50 Å². The molecule has 0 aliphatic carbocycles. The molecule has 0 aliphatic heterocycles. The van der Waals surface area contributed by atoms with Gasteiger partial charge in [0.05, 0.1) is 25.1 Å². The Kier molecular flexibility index (Phi) is 4.50. The zero-order valence-electron chi connectivity index (χ0n) is 10.3. The summed E-state index contributed by atoms with van der Waals surface area (Å²) in [5.74, 6) is 0.302. The number of pyridine rings is 1. The van der Waals surface area contributed by atoms with Gasteiger partial charge in [-0.15, -0.1) is 0 Å². The molecular weight excluding hydrogens is 313 g/mol. The van der Waals surface area contributed by atoms with Crippen LogP contribution in [0, 0.1) is 5.82 Å². The molecule has 1 N–H and O–H groups in total. The van der Waals surface area contributed by atoms with Gasteiger partial charge in [0.1, 0.15) is 11.6 Å². The van der Waals surface area contributed by atoms with Gasteiger partial charge in [-0.05, 0) is 35.9 Å². The Morgan fingerprint density at radius 1 is 1.37 bits per heavy atom. The quantitative estimate of drug-likeness (QED) is 0.938. The van der Waals surface area contributed by atoms with Crippen molar-refractivity contribution in [3.05, 3.63) is 58.1 Å². The molecule has 0 saturated carbocycles. The van der Waals surface area contributed by atoms with Crippen molar-refractivity contribution in [2.24, 2.45) is 0 Å². The fourth-order valence-corrected chi connectivity index (χ4v) is 2.14. The van der Waals surface area contributed by atoms with Crippen molar-refractivity contribution in [1.29, 1.82) is 0 Å². The zero-order valence-corrected chi connectivity index (χ0v) is 11.9. The summed E-state index contributed by atoms with van der Waals surface area (Å²) >= 11 is 3.43. The topological polar surface area (TPSA) is 42.4 Å².